The third kappa shape index (κ3) is 7.76. The summed E-state index contributed by atoms with van der Waals surface area (Å²) in [6.07, 6.45) is 9.85. The van der Waals surface area contributed by atoms with Gasteiger partial charge in [-0.1, -0.05) is 36.4 Å². The number of hydrazone groups is 1. The second-order valence-electron chi connectivity index (χ2n) is 8.24. The van der Waals surface area contributed by atoms with E-state index in [1.54, 1.807) is 37.8 Å². The number of phenolic OH excluding ortho intramolecular Hbond substituents is 1. The number of guanidine groups is 1. The molecule has 0 saturated carbocycles. The van der Waals surface area contributed by atoms with E-state index in [1.807, 2.05) is 73.8 Å². The number of aromatic nitrogens is 2. The lowest BCUT2D eigenvalue weighted by Gasteiger charge is -2.09. The highest BCUT2D eigenvalue weighted by atomic mass is 16.3. The predicted octanol–water partition coefficient (Wildman–Crippen LogP) is 5.24. The van der Waals surface area contributed by atoms with E-state index in [-0.39, 0.29) is 5.75 Å². The normalized spacial score (nSPS) is 11.9. The molecule has 0 aliphatic carbocycles. The summed E-state index contributed by atoms with van der Waals surface area (Å²) < 4.78 is 0. The molecule has 2 aromatic carbocycles. The number of pyridine rings is 2. The highest BCUT2D eigenvalue weighted by Crippen LogP contribution is 2.25. The van der Waals surface area contributed by atoms with E-state index in [0.29, 0.717) is 11.7 Å². The number of anilines is 2. The molecule has 2 heterocycles. The second kappa shape index (κ2) is 12.6. The van der Waals surface area contributed by atoms with Gasteiger partial charge in [-0.25, -0.2) is 5.43 Å². The number of allylic oxidation sites excluding steroid dienone is 2. The van der Waals surface area contributed by atoms with Crippen LogP contribution in [0.15, 0.2) is 113 Å². The predicted molar refractivity (Wildman–Crippen MR) is 150 cm³/mol. The number of nitrogens with one attached hydrogen (secondary N) is 3. The Morgan fingerprint density at radius 2 is 1.78 bits per heavy atom. The largest absolute Gasteiger partial charge is 0.508 e. The van der Waals surface area contributed by atoms with Crippen molar-refractivity contribution in [3.63, 3.8) is 0 Å². The Hall–Kier alpha value is -4.98. The van der Waals surface area contributed by atoms with Crippen LogP contribution in [0.4, 0.5) is 11.4 Å². The first-order chi connectivity index (χ1) is 18.1. The Morgan fingerprint density at radius 3 is 2.49 bits per heavy atom. The van der Waals surface area contributed by atoms with Crippen molar-refractivity contribution >= 4 is 23.5 Å². The summed E-state index contributed by atoms with van der Waals surface area (Å²) in [5.74, 6) is 0.784. The number of rotatable bonds is 8. The van der Waals surface area contributed by atoms with Gasteiger partial charge >= 0.3 is 0 Å². The number of hydrogen-bond donors (Lipinski definition) is 4. The van der Waals surface area contributed by atoms with Gasteiger partial charge in [0.25, 0.3) is 0 Å². The van der Waals surface area contributed by atoms with Crippen molar-refractivity contribution in [2.45, 2.75) is 13.3 Å². The zero-order valence-electron chi connectivity index (χ0n) is 20.8. The van der Waals surface area contributed by atoms with E-state index in [4.69, 9.17) is 0 Å². The quantitative estimate of drug-likeness (QED) is 0.153. The van der Waals surface area contributed by atoms with Crippen molar-refractivity contribution in [1.29, 1.82) is 0 Å². The maximum Gasteiger partial charge on any atom is 0.216 e. The lowest BCUT2D eigenvalue weighted by Crippen LogP contribution is -2.33. The number of aromatic hydroxyl groups is 1. The fourth-order valence-electron chi connectivity index (χ4n) is 3.47. The van der Waals surface area contributed by atoms with E-state index in [2.05, 4.69) is 42.2 Å². The highest BCUT2D eigenvalue weighted by Gasteiger charge is 2.01. The summed E-state index contributed by atoms with van der Waals surface area (Å²) >= 11 is 0. The van der Waals surface area contributed by atoms with Crippen molar-refractivity contribution < 1.29 is 5.11 Å². The standard InChI is InChI=1S/C29H29N7O/c1-21(8-9-22-5-4-16-31-18-22)34-29(30-2)36-33-20-26-14-15-27(19-32-26)35-25-12-10-23(11-13-25)24-6-3-7-28(37)17-24/h3-8,10-20,35,37H,9H2,1-2H3,(H2,30,34,36)/b21-8-,33-20+. The van der Waals surface area contributed by atoms with Crippen LogP contribution in [0.5, 0.6) is 5.75 Å². The number of benzene rings is 2. The molecule has 4 N–H and O–H groups in total. The van der Waals surface area contributed by atoms with E-state index in [0.717, 1.165) is 40.2 Å². The molecule has 0 bridgehead atoms. The lowest BCUT2D eigenvalue weighted by atomic mass is 10.1. The third-order valence-corrected chi connectivity index (χ3v) is 5.41. The van der Waals surface area contributed by atoms with Gasteiger partial charge in [-0.2, -0.15) is 5.10 Å². The molecular weight excluding hydrogens is 462 g/mol. The molecule has 0 fully saturated rings. The molecular formula is C29H29N7O. The molecule has 0 unspecified atom stereocenters. The van der Waals surface area contributed by atoms with Crippen molar-refractivity contribution in [2.75, 3.05) is 12.4 Å². The maximum atomic E-state index is 9.68. The molecule has 0 amide bonds. The number of nitrogens with zero attached hydrogens (tertiary/aromatic N) is 4. The molecule has 0 aliphatic heterocycles. The van der Waals surface area contributed by atoms with Crippen LogP contribution in [0.25, 0.3) is 11.1 Å². The van der Waals surface area contributed by atoms with Gasteiger partial charge in [0.15, 0.2) is 0 Å². The van der Waals surface area contributed by atoms with Gasteiger partial charge < -0.3 is 15.7 Å². The monoisotopic (exact) mass is 491 g/mol. The molecule has 186 valence electrons. The highest BCUT2D eigenvalue weighted by molar-refractivity contribution is 5.84. The van der Waals surface area contributed by atoms with Gasteiger partial charge in [-0.05, 0) is 72.5 Å². The van der Waals surface area contributed by atoms with E-state index < -0.39 is 0 Å². The van der Waals surface area contributed by atoms with Crippen LogP contribution in [0.1, 0.15) is 18.2 Å². The zero-order chi connectivity index (χ0) is 25.9. The molecule has 0 atom stereocenters. The molecule has 0 spiro atoms. The fraction of sp³-hybridized carbons (Fsp3) is 0.103. The first-order valence-corrected chi connectivity index (χ1v) is 11.8. The summed E-state index contributed by atoms with van der Waals surface area (Å²) in [4.78, 5) is 12.8. The van der Waals surface area contributed by atoms with Gasteiger partial charge in [0.05, 0.1) is 23.8 Å². The van der Waals surface area contributed by atoms with Crippen molar-refractivity contribution in [3.8, 4) is 16.9 Å². The summed E-state index contributed by atoms with van der Waals surface area (Å²) in [6, 6.07) is 23.0. The van der Waals surface area contributed by atoms with Crippen LogP contribution in [-0.2, 0) is 6.42 Å². The molecule has 4 aromatic rings. The van der Waals surface area contributed by atoms with E-state index in [1.165, 1.54) is 0 Å². The average Bonchev–Trinajstić information content (AvgIpc) is 2.93. The van der Waals surface area contributed by atoms with Crippen LogP contribution in [0.2, 0.25) is 0 Å². The Bertz CT molecular complexity index is 1380. The first-order valence-electron chi connectivity index (χ1n) is 11.8. The first kappa shape index (κ1) is 25.1. The molecule has 37 heavy (non-hydrogen) atoms. The second-order valence-corrected chi connectivity index (χ2v) is 8.24. The van der Waals surface area contributed by atoms with Crippen molar-refractivity contribution in [1.82, 2.24) is 20.7 Å². The van der Waals surface area contributed by atoms with E-state index in [9.17, 15) is 5.11 Å². The Labute approximate surface area is 216 Å². The van der Waals surface area contributed by atoms with Crippen LogP contribution in [0, 0.1) is 0 Å². The third-order valence-electron chi connectivity index (χ3n) is 5.41. The summed E-state index contributed by atoms with van der Waals surface area (Å²) in [7, 11) is 1.69. The minimum atomic E-state index is 0.253. The SMILES string of the molecule is CN=C(N/N=C/c1ccc(Nc2ccc(-c3cccc(O)c3)cc2)cn1)N/C(C)=C\Cc1cccnc1. The fourth-order valence-corrected chi connectivity index (χ4v) is 3.47. The zero-order valence-corrected chi connectivity index (χ0v) is 20.8. The van der Waals surface area contributed by atoms with Crippen molar-refractivity contribution in [3.05, 3.63) is 114 Å². The number of aliphatic imine (C=N–C) groups is 1. The average molecular weight is 492 g/mol. The molecule has 2 aromatic heterocycles. The van der Waals surface area contributed by atoms with Gasteiger partial charge in [-0.3, -0.25) is 15.0 Å². The lowest BCUT2D eigenvalue weighted by molar-refractivity contribution is 0.475. The Balaban J connectivity index is 1.27. The summed E-state index contributed by atoms with van der Waals surface area (Å²) in [5.41, 5.74) is 9.50. The van der Waals surface area contributed by atoms with Crippen LogP contribution >= 0.6 is 0 Å². The minimum absolute atomic E-state index is 0.253. The molecule has 0 aliphatic rings. The number of phenols is 1. The number of hydrogen-bond acceptors (Lipinski definition) is 6. The van der Waals surface area contributed by atoms with Gasteiger partial charge in [0, 0.05) is 30.8 Å². The Morgan fingerprint density at radius 1 is 0.946 bits per heavy atom. The minimum Gasteiger partial charge on any atom is -0.508 e. The van der Waals surface area contributed by atoms with Crippen molar-refractivity contribution in [2.24, 2.45) is 10.1 Å². The topological polar surface area (TPSA) is 107 Å². The Kier molecular flexibility index (Phi) is 8.59. The van der Waals surface area contributed by atoms with E-state index >= 15 is 0 Å². The molecule has 8 heteroatoms. The van der Waals surface area contributed by atoms with Gasteiger partial charge in [0.1, 0.15) is 5.75 Å². The molecule has 0 saturated heterocycles. The van der Waals surface area contributed by atoms with Crippen LogP contribution < -0.4 is 16.1 Å². The molecule has 8 nitrogen and oxygen atoms in total. The van der Waals surface area contributed by atoms with Crippen LogP contribution in [0.3, 0.4) is 0 Å². The van der Waals surface area contributed by atoms with Gasteiger partial charge in [0.2, 0.25) is 5.96 Å². The molecule has 4 rings (SSSR count). The van der Waals surface area contributed by atoms with Crippen LogP contribution in [-0.4, -0.2) is 34.3 Å². The maximum absolute atomic E-state index is 9.68. The van der Waals surface area contributed by atoms with Gasteiger partial charge in [-0.15, -0.1) is 0 Å². The molecule has 0 radical (unpaired) electrons. The summed E-state index contributed by atoms with van der Waals surface area (Å²) in [6.45, 7) is 1.97. The summed E-state index contributed by atoms with van der Waals surface area (Å²) in [5, 5.41) is 20.5. The smallest absolute Gasteiger partial charge is 0.216 e.